The first-order valence-corrected chi connectivity index (χ1v) is 19.8. The first-order chi connectivity index (χ1) is 22.1. The van der Waals surface area contributed by atoms with E-state index in [1.54, 1.807) is 0 Å². The van der Waals surface area contributed by atoms with E-state index in [2.05, 4.69) is 19.2 Å². The van der Waals surface area contributed by atoms with Crippen molar-refractivity contribution in [2.45, 2.75) is 206 Å². The summed E-state index contributed by atoms with van der Waals surface area (Å²) in [5, 5.41) is 10.8. The van der Waals surface area contributed by atoms with Crippen molar-refractivity contribution in [3.8, 4) is 0 Å². The summed E-state index contributed by atoms with van der Waals surface area (Å²) >= 11 is 0. The molecule has 0 heterocycles. The van der Waals surface area contributed by atoms with Crippen LogP contribution in [-0.2, 0) is 4.79 Å². The summed E-state index contributed by atoms with van der Waals surface area (Å²) in [5.74, 6) is 0.309. The monoisotopic (exact) mass is 626 g/mol. The number of carbonyl (C=O) groups is 1. The van der Waals surface area contributed by atoms with E-state index in [0.717, 1.165) is 31.4 Å². The van der Waals surface area contributed by atoms with Crippen molar-refractivity contribution in [2.75, 3.05) is 5.32 Å². The fourth-order valence-corrected chi connectivity index (χ4v) is 6.55. The van der Waals surface area contributed by atoms with Crippen LogP contribution in [0.2, 0.25) is 0 Å². The molecule has 1 rings (SSSR count). The van der Waals surface area contributed by atoms with Gasteiger partial charge in [-0.1, -0.05) is 194 Å². The van der Waals surface area contributed by atoms with Crippen molar-refractivity contribution in [3.63, 3.8) is 0 Å². The Bertz CT molecular complexity index is 773. The molecule has 1 aromatic rings. The summed E-state index contributed by atoms with van der Waals surface area (Å²) in [6, 6.07) is 7.36. The molecular formula is C41H75N3O. The SMILES string of the molecule is CCCCCCCCCCCCCCCCC(CCCCCCCCCCCCCCCC)C(=O)Nc1ccc(C(=N)N)cc1. The van der Waals surface area contributed by atoms with Gasteiger partial charge in [0.2, 0.25) is 5.91 Å². The number of nitrogens with two attached hydrogens (primary N) is 1. The van der Waals surface area contributed by atoms with Gasteiger partial charge in [0.15, 0.2) is 0 Å². The highest BCUT2D eigenvalue weighted by Crippen LogP contribution is 2.22. The zero-order valence-electron chi connectivity index (χ0n) is 30.1. The van der Waals surface area contributed by atoms with Gasteiger partial charge in [0.1, 0.15) is 5.84 Å². The molecule has 260 valence electrons. The van der Waals surface area contributed by atoms with Gasteiger partial charge in [0.05, 0.1) is 0 Å². The number of benzene rings is 1. The molecule has 0 radical (unpaired) electrons. The van der Waals surface area contributed by atoms with Crippen LogP contribution in [0.5, 0.6) is 0 Å². The molecule has 4 heteroatoms. The predicted octanol–water partition coefficient (Wildman–Crippen LogP) is 13.3. The molecule has 0 saturated carbocycles. The molecule has 0 aliphatic carbocycles. The Kier molecular flexibility index (Phi) is 28.2. The maximum Gasteiger partial charge on any atom is 0.227 e. The van der Waals surface area contributed by atoms with Gasteiger partial charge in [-0.2, -0.15) is 0 Å². The normalized spacial score (nSPS) is 11.4. The van der Waals surface area contributed by atoms with Crippen LogP contribution in [0.4, 0.5) is 5.69 Å². The number of rotatable bonds is 33. The van der Waals surface area contributed by atoms with E-state index in [1.165, 1.54) is 167 Å². The predicted molar refractivity (Wildman–Crippen MR) is 199 cm³/mol. The molecule has 4 N–H and O–H groups in total. The van der Waals surface area contributed by atoms with Crippen LogP contribution in [0.15, 0.2) is 24.3 Å². The highest BCUT2D eigenvalue weighted by atomic mass is 16.1. The summed E-state index contributed by atoms with van der Waals surface area (Å²) in [6.07, 6.45) is 40.1. The van der Waals surface area contributed by atoms with Crippen molar-refractivity contribution < 1.29 is 4.79 Å². The minimum atomic E-state index is 0.0568. The van der Waals surface area contributed by atoms with Crippen LogP contribution < -0.4 is 11.1 Å². The van der Waals surface area contributed by atoms with Gasteiger partial charge in [-0.05, 0) is 37.1 Å². The fraction of sp³-hybridized carbons (Fsp3) is 0.805. The Balaban J connectivity index is 2.24. The number of unbranched alkanes of at least 4 members (excludes halogenated alkanes) is 26. The van der Waals surface area contributed by atoms with Gasteiger partial charge in [-0.15, -0.1) is 0 Å². The Hall–Kier alpha value is -1.84. The lowest BCUT2D eigenvalue weighted by atomic mass is 9.93. The Labute approximate surface area is 280 Å². The fourth-order valence-electron chi connectivity index (χ4n) is 6.55. The third kappa shape index (κ3) is 25.0. The summed E-state index contributed by atoms with van der Waals surface area (Å²) < 4.78 is 0. The molecule has 0 spiro atoms. The maximum absolute atomic E-state index is 13.3. The number of hydrogen-bond donors (Lipinski definition) is 3. The third-order valence-corrected chi connectivity index (χ3v) is 9.65. The van der Waals surface area contributed by atoms with Gasteiger partial charge in [0, 0.05) is 17.2 Å². The average Bonchev–Trinajstić information content (AvgIpc) is 3.04. The van der Waals surface area contributed by atoms with Crippen LogP contribution in [0, 0.1) is 11.3 Å². The number of amides is 1. The van der Waals surface area contributed by atoms with E-state index in [0.29, 0.717) is 5.56 Å². The van der Waals surface area contributed by atoms with Crippen LogP contribution in [0.3, 0.4) is 0 Å². The number of anilines is 1. The molecule has 45 heavy (non-hydrogen) atoms. The standard InChI is InChI=1S/C41H75N3O/c1-3-5-7-9-11-13-15-17-19-21-23-25-27-29-31-38(41(45)44-39-35-33-37(34-36-39)40(42)43)32-30-28-26-24-22-20-18-16-14-12-10-8-6-4-2/h33-36,38H,3-32H2,1-2H3,(H3,42,43)(H,44,45). The molecule has 1 amide bonds. The lowest BCUT2D eigenvalue weighted by Gasteiger charge is -2.17. The summed E-state index contributed by atoms with van der Waals surface area (Å²) in [4.78, 5) is 13.3. The molecule has 1 aromatic carbocycles. The lowest BCUT2D eigenvalue weighted by Crippen LogP contribution is -2.23. The zero-order chi connectivity index (χ0) is 32.6. The molecule has 0 fully saturated rings. The molecule has 0 unspecified atom stereocenters. The molecule has 0 aliphatic rings. The van der Waals surface area contributed by atoms with E-state index in [4.69, 9.17) is 11.1 Å². The summed E-state index contributed by atoms with van der Waals surface area (Å²) in [5.41, 5.74) is 7.09. The molecule has 0 bridgehead atoms. The topological polar surface area (TPSA) is 79.0 Å². The average molecular weight is 626 g/mol. The van der Waals surface area contributed by atoms with Crippen LogP contribution in [0.1, 0.15) is 212 Å². The first-order valence-electron chi connectivity index (χ1n) is 19.8. The van der Waals surface area contributed by atoms with E-state index in [1.807, 2.05) is 24.3 Å². The van der Waals surface area contributed by atoms with Crippen molar-refractivity contribution >= 4 is 17.4 Å². The molecule has 0 saturated heterocycles. The number of nitrogen functional groups attached to an aromatic ring is 1. The third-order valence-electron chi connectivity index (χ3n) is 9.65. The minimum Gasteiger partial charge on any atom is -0.384 e. The van der Waals surface area contributed by atoms with Gasteiger partial charge in [-0.3, -0.25) is 10.2 Å². The van der Waals surface area contributed by atoms with Gasteiger partial charge in [-0.25, -0.2) is 0 Å². The van der Waals surface area contributed by atoms with Gasteiger partial charge in [0.25, 0.3) is 0 Å². The highest BCUT2D eigenvalue weighted by Gasteiger charge is 2.18. The number of hydrogen-bond acceptors (Lipinski definition) is 2. The maximum atomic E-state index is 13.3. The number of nitrogens with one attached hydrogen (secondary N) is 2. The Morgan fingerprint density at radius 1 is 0.533 bits per heavy atom. The van der Waals surface area contributed by atoms with Crippen molar-refractivity contribution in [1.29, 1.82) is 5.41 Å². The van der Waals surface area contributed by atoms with Crippen molar-refractivity contribution in [3.05, 3.63) is 29.8 Å². The Morgan fingerprint density at radius 3 is 1.11 bits per heavy atom. The smallest absolute Gasteiger partial charge is 0.227 e. The quantitative estimate of drug-likeness (QED) is 0.0413. The minimum absolute atomic E-state index is 0.0568. The van der Waals surface area contributed by atoms with E-state index in [-0.39, 0.29) is 17.7 Å². The lowest BCUT2D eigenvalue weighted by molar-refractivity contribution is -0.120. The molecular weight excluding hydrogens is 550 g/mol. The molecule has 0 aromatic heterocycles. The van der Waals surface area contributed by atoms with Crippen molar-refractivity contribution in [2.24, 2.45) is 11.7 Å². The summed E-state index contributed by atoms with van der Waals surface area (Å²) in [6.45, 7) is 4.57. The molecule has 4 nitrogen and oxygen atoms in total. The van der Waals surface area contributed by atoms with Crippen LogP contribution in [-0.4, -0.2) is 11.7 Å². The van der Waals surface area contributed by atoms with Gasteiger partial charge < -0.3 is 11.1 Å². The Morgan fingerprint density at radius 2 is 0.822 bits per heavy atom. The van der Waals surface area contributed by atoms with Crippen LogP contribution in [0.25, 0.3) is 0 Å². The number of amidine groups is 1. The number of carbonyl (C=O) groups excluding carboxylic acids is 1. The zero-order valence-corrected chi connectivity index (χ0v) is 30.1. The molecule has 0 aliphatic heterocycles. The second kappa shape index (κ2) is 30.8. The van der Waals surface area contributed by atoms with E-state index < -0.39 is 0 Å². The van der Waals surface area contributed by atoms with E-state index >= 15 is 0 Å². The second-order valence-electron chi connectivity index (χ2n) is 13.9. The first kappa shape index (κ1) is 41.2. The largest absolute Gasteiger partial charge is 0.384 e. The molecule has 0 atom stereocenters. The highest BCUT2D eigenvalue weighted by molar-refractivity contribution is 5.96. The van der Waals surface area contributed by atoms with E-state index in [9.17, 15) is 4.79 Å². The van der Waals surface area contributed by atoms with Crippen LogP contribution >= 0.6 is 0 Å². The van der Waals surface area contributed by atoms with Gasteiger partial charge >= 0.3 is 0 Å². The van der Waals surface area contributed by atoms with Crippen molar-refractivity contribution in [1.82, 2.24) is 0 Å². The second-order valence-corrected chi connectivity index (χ2v) is 13.9. The summed E-state index contributed by atoms with van der Waals surface area (Å²) in [7, 11) is 0.